The van der Waals surface area contributed by atoms with Gasteiger partial charge in [0.25, 0.3) is 0 Å². The lowest BCUT2D eigenvalue weighted by Crippen LogP contribution is -2.46. The molecule has 164 valence electrons. The molecule has 1 fully saturated rings. The maximum atomic E-state index is 11.8. The topological polar surface area (TPSA) is 96.2 Å². The minimum Gasteiger partial charge on any atom is -0.371 e. The van der Waals surface area contributed by atoms with E-state index in [-0.39, 0.29) is 5.71 Å². The summed E-state index contributed by atoms with van der Waals surface area (Å²) in [6.07, 6.45) is 4.30. The first kappa shape index (κ1) is 22.4. The number of anilines is 1. The summed E-state index contributed by atoms with van der Waals surface area (Å²) in [5.41, 5.74) is 4.71. The number of amidine groups is 1. The van der Waals surface area contributed by atoms with Crippen molar-refractivity contribution in [1.82, 2.24) is 15.5 Å². The van der Waals surface area contributed by atoms with E-state index in [0.717, 1.165) is 61.8 Å². The van der Waals surface area contributed by atoms with Crippen LogP contribution in [0, 0.1) is 5.41 Å². The van der Waals surface area contributed by atoms with E-state index in [0.29, 0.717) is 17.1 Å². The number of rotatable bonds is 6. The first-order chi connectivity index (χ1) is 14.9. The van der Waals surface area contributed by atoms with Crippen molar-refractivity contribution in [1.29, 1.82) is 5.41 Å². The quantitative estimate of drug-likeness (QED) is 0.373. The van der Waals surface area contributed by atoms with Gasteiger partial charge in [-0.3, -0.25) is 15.2 Å². The predicted molar refractivity (Wildman–Crippen MR) is 128 cm³/mol. The number of hydrogen-bond acceptors (Lipinski definition) is 7. The summed E-state index contributed by atoms with van der Waals surface area (Å²) in [5.74, 6) is 0.376. The Kier molecular flexibility index (Phi) is 7.36. The fraction of sp³-hybridized carbons (Fsp3) is 0.391. The molecular formula is C23H31N7O. The van der Waals surface area contributed by atoms with Gasteiger partial charge in [-0.15, -0.1) is 0 Å². The van der Waals surface area contributed by atoms with Gasteiger partial charge in [-0.1, -0.05) is 6.92 Å². The van der Waals surface area contributed by atoms with Crippen molar-refractivity contribution < 1.29 is 4.79 Å². The van der Waals surface area contributed by atoms with Crippen LogP contribution in [0.3, 0.4) is 0 Å². The zero-order valence-corrected chi connectivity index (χ0v) is 18.7. The van der Waals surface area contributed by atoms with E-state index in [1.807, 2.05) is 32.0 Å². The number of aldehydes is 1. The summed E-state index contributed by atoms with van der Waals surface area (Å²) < 4.78 is 0. The Hall–Kier alpha value is -3.26. The molecule has 0 saturated carbocycles. The molecule has 0 spiro atoms. The number of nitrogens with one attached hydrogen (secondary N) is 3. The molecule has 1 saturated heterocycles. The fourth-order valence-electron chi connectivity index (χ4n) is 3.63. The smallest absolute Gasteiger partial charge is 0.152 e. The summed E-state index contributed by atoms with van der Waals surface area (Å²) in [5, 5.41) is 14.6. The molecule has 0 aromatic heterocycles. The van der Waals surface area contributed by atoms with Gasteiger partial charge in [-0.05, 0) is 44.7 Å². The third-order valence-corrected chi connectivity index (χ3v) is 5.51. The first-order valence-corrected chi connectivity index (χ1v) is 10.6. The Morgan fingerprint density at radius 3 is 2.65 bits per heavy atom. The zero-order chi connectivity index (χ0) is 22.4. The molecule has 8 heteroatoms. The normalized spacial score (nSPS) is 18.9. The van der Waals surface area contributed by atoms with Crippen molar-refractivity contribution in [3.63, 3.8) is 0 Å². The third kappa shape index (κ3) is 5.46. The molecule has 1 aromatic rings. The van der Waals surface area contributed by atoms with E-state index in [1.165, 1.54) is 0 Å². The number of carbonyl (C=O) groups is 1. The third-order valence-electron chi connectivity index (χ3n) is 5.51. The summed E-state index contributed by atoms with van der Waals surface area (Å²) in [7, 11) is 1.72. The van der Waals surface area contributed by atoms with E-state index in [2.05, 4.69) is 37.3 Å². The molecule has 0 unspecified atom stereocenters. The summed E-state index contributed by atoms with van der Waals surface area (Å²) in [4.78, 5) is 25.5. The minimum absolute atomic E-state index is 0.198. The lowest BCUT2D eigenvalue weighted by molar-refractivity contribution is 0.112. The zero-order valence-electron chi connectivity index (χ0n) is 18.7. The summed E-state index contributed by atoms with van der Waals surface area (Å²) in [6.45, 7) is 11.0. The number of allylic oxidation sites excluding steroid dienone is 2. The van der Waals surface area contributed by atoms with E-state index in [1.54, 1.807) is 19.3 Å². The largest absolute Gasteiger partial charge is 0.371 e. The van der Waals surface area contributed by atoms with E-state index < -0.39 is 0 Å². The number of benzene rings is 1. The van der Waals surface area contributed by atoms with Crippen LogP contribution in [0.25, 0.3) is 0 Å². The molecule has 0 bridgehead atoms. The molecule has 2 heterocycles. The molecule has 0 atom stereocenters. The van der Waals surface area contributed by atoms with Crippen LogP contribution in [0.4, 0.5) is 11.4 Å². The van der Waals surface area contributed by atoms with Crippen LogP contribution in [-0.4, -0.2) is 68.2 Å². The lowest BCUT2D eigenvalue weighted by atomic mass is 10.1. The van der Waals surface area contributed by atoms with E-state index >= 15 is 0 Å². The molecule has 0 radical (unpaired) electrons. The van der Waals surface area contributed by atoms with Crippen molar-refractivity contribution in [2.24, 2.45) is 9.98 Å². The summed E-state index contributed by atoms with van der Waals surface area (Å²) in [6, 6.07) is 5.73. The van der Waals surface area contributed by atoms with Crippen molar-refractivity contribution in [2.45, 2.75) is 20.8 Å². The number of piperazine rings is 1. The monoisotopic (exact) mass is 421 g/mol. The highest BCUT2D eigenvalue weighted by Crippen LogP contribution is 2.25. The van der Waals surface area contributed by atoms with Gasteiger partial charge in [0.1, 0.15) is 0 Å². The molecule has 3 N–H and O–H groups in total. The SMILES string of the molecule is CCN1CCN(c2ccc(/N=C(\NC)C(=N)/C=C3\NC=C(C)N=C3C)c(C=O)c2)CC1. The molecule has 8 nitrogen and oxygen atoms in total. The highest BCUT2D eigenvalue weighted by atomic mass is 16.1. The van der Waals surface area contributed by atoms with Crippen molar-refractivity contribution >= 4 is 34.9 Å². The standard InChI is InChI=1S/C23H31N7O/c1-5-29-8-10-30(11-9-29)19-6-7-21(18(12-19)15-31)28-23(25-4)20(24)13-22-17(3)27-16(2)14-26-22/h6-7,12-15,24,26H,5,8-11H2,1-4H3,(H,25,28)/b22-13-,24-20?. The Balaban J connectivity index is 1.81. The summed E-state index contributed by atoms with van der Waals surface area (Å²) >= 11 is 0. The van der Waals surface area contributed by atoms with Crippen molar-refractivity contribution in [3.8, 4) is 0 Å². The van der Waals surface area contributed by atoms with Crippen molar-refractivity contribution in [3.05, 3.63) is 47.4 Å². The second-order valence-electron chi connectivity index (χ2n) is 7.59. The van der Waals surface area contributed by atoms with Gasteiger partial charge in [-0.25, -0.2) is 4.99 Å². The van der Waals surface area contributed by atoms with Crippen LogP contribution >= 0.6 is 0 Å². The highest BCUT2D eigenvalue weighted by Gasteiger charge is 2.17. The average Bonchev–Trinajstić information content (AvgIpc) is 2.79. The van der Waals surface area contributed by atoms with Crippen LogP contribution in [0.2, 0.25) is 0 Å². The predicted octanol–water partition coefficient (Wildman–Crippen LogP) is 2.72. The second-order valence-corrected chi connectivity index (χ2v) is 7.59. The average molecular weight is 422 g/mol. The highest BCUT2D eigenvalue weighted by molar-refractivity contribution is 6.45. The molecule has 2 aliphatic heterocycles. The maximum absolute atomic E-state index is 11.8. The molecule has 0 amide bonds. The van der Waals surface area contributed by atoms with Gasteiger partial charge in [0.15, 0.2) is 12.1 Å². The first-order valence-electron chi connectivity index (χ1n) is 10.6. The fourth-order valence-corrected chi connectivity index (χ4v) is 3.63. The number of nitrogens with zero attached hydrogens (tertiary/aromatic N) is 4. The molecule has 31 heavy (non-hydrogen) atoms. The van der Waals surface area contributed by atoms with Crippen LogP contribution in [-0.2, 0) is 0 Å². The minimum atomic E-state index is 0.198. The maximum Gasteiger partial charge on any atom is 0.152 e. The van der Waals surface area contributed by atoms with Gasteiger partial charge in [0.2, 0.25) is 0 Å². The van der Waals surface area contributed by atoms with Gasteiger partial charge >= 0.3 is 0 Å². The van der Waals surface area contributed by atoms with Gasteiger partial charge in [-0.2, -0.15) is 0 Å². The Labute approximate surface area is 184 Å². The Morgan fingerprint density at radius 2 is 2.03 bits per heavy atom. The number of aliphatic imine (C=N–C) groups is 2. The molecule has 3 rings (SSSR count). The number of likely N-dealkylation sites (N-methyl/N-ethyl adjacent to an activating group) is 1. The second kappa shape index (κ2) is 10.2. The molecule has 2 aliphatic rings. The molecule has 0 aliphatic carbocycles. The Morgan fingerprint density at radius 1 is 1.29 bits per heavy atom. The molecule has 1 aromatic carbocycles. The molecular weight excluding hydrogens is 390 g/mol. The van der Waals surface area contributed by atoms with Crippen LogP contribution in [0.5, 0.6) is 0 Å². The van der Waals surface area contributed by atoms with Crippen LogP contribution < -0.4 is 15.5 Å². The van der Waals surface area contributed by atoms with Gasteiger partial charge in [0.05, 0.1) is 28.5 Å². The Bertz CT molecular complexity index is 966. The number of hydrogen-bond donors (Lipinski definition) is 3. The van der Waals surface area contributed by atoms with Gasteiger partial charge < -0.3 is 20.4 Å². The van der Waals surface area contributed by atoms with E-state index in [9.17, 15) is 4.79 Å². The lowest BCUT2D eigenvalue weighted by Gasteiger charge is -2.35. The van der Waals surface area contributed by atoms with Gasteiger partial charge in [0, 0.05) is 50.7 Å². The number of carbonyl (C=O) groups excluding carboxylic acids is 1. The van der Waals surface area contributed by atoms with Crippen molar-refractivity contribution in [2.75, 3.05) is 44.7 Å². The van der Waals surface area contributed by atoms with E-state index in [4.69, 9.17) is 5.41 Å². The van der Waals surface area contributed by atoms with Crippen LogP contribution in [0.15, 0.2) is 51.9 Å². The van der Waals surface area contributed by atoms with Crippen LogP contribution in [0.1, 0.15) is 31.1 Å².